The maximum atomic E-state index is 13.4. The van der Waals surface area contributed by atoms with Crippen LogP contribution in [-0.4, -0.2) is 61.9 Å². The molecule has 0 aromatic carbocycles. The normalized spacial score (nSPS) is 17.5. The summed E-state index contributed by atoms with van der Waals surface area (Å²) < 4.78 is 1.73. The minimum atomic E-state index is -0.247. The van der Waals surface area contributed by atoms with E-state index in [1.54, 1.807) is 17.7 Å². The second-order valence-corrected chi connectivity index (χ2v) is 11.3. The van der Waals surface area contributed by atoms with E-state index in [1.807, 2.05) is 12.3 Å². The molecule has 1 N–H and O–H groups in total. The maximum Gasteiger partial charge on any atom is 0.263 e. The number of piperazine rings is 1. The summed E-state index contributed by atoms with van der Waals surface area (Å²) in [6.45, 7) is 14.0. The van der Waals surface area contributed by atoms with Gasteiger partial charge in [0, 0.05) is 49.3 Å². The van der Waals surface area contributed by atoms with Crippen LogP contribution in [0.15, 0.2) is 29.3 Å². The summed E-state index contributed by atoms with van der Waals surface area (Å²) in [6.07, 6.45) is 7.55. The molecule has 0 amide bonds. The number of hydrogen-bond donors (Lipinski definition) is 1. The SMILES string of the molecule is CC(=O)c1c(C)c2cnc(Nc3ccc(N4CCN(C(C)(C)C)CC4)cn3)nc2n(C2CCCC2)c1=O. The number of ketones is 1. The van der Waals surface area contributed by atoms with Gasteiger partial charge in [-0.25, -0.2) is 9.97 Å². The quantitative estimate of drug-likeness (QED) is 0.509. The van der Waals surface area contributed by atoms with Crippen LogP contribution < -0.4 is 15.8 Å². The van der Waals surface area contributed by atoms with Crippen LogP contribution >= 0.6 is 0 Å². The van der Waals surface area contributed by atoms with Crippen LogP contribution in [-0.2, 0) is 0 Å². The first-order chi connectivity index (χ1) is 17.6. The van der Waals surface area contributed by atoms with Gasteiger partial charge in [-0.15, -0.1) is 0 Å². The average molecular weight is 504 g/mol. The summed E-state index contributed by atoms with van der Waals surface area (Å²) >= 11 is 0. The second-order valence-electron chi connectivity index (χ2n) is 11.3. The molecule has 9 nitrogen and oxygen atoms in total. The molecule has 9 heteroatoms. The molecule has 3 aromatic heterocycles. The molecular formula is C28H37N7O2. The summed E-state index contributed by atoms with van der Waals surface area (Å²) in [6, 6.07) is 4.06. The molecule has 196 valence electrons. The Labute approximate surface area is 217 Å². The first-order valence-corrected chi connectivity index (χ1v) is 13.3. The van der Waals surface area contributed by atoms with Gasteiger partial charge in [0.15, 0.2) is 5.78 Å². The summed E-state index contributed by atoms with van der Waals surface area (Å²) in [5.41, 5.74) is 2.49. The molecule has 37 heavy (non-hydrogen) atoms. The van der Waals surface area contributed by atoms with Gasteiger partial charge in [0.2, 0.25) is 5.95 Å². The fourth-order valence-corrected chi connectivity index (χ4v) is 5.71. The van der Waals surface area contributed by atoms with Gasteiger partial charge in [-0.2, -0.15) is 4.98 Å². The Balaban J connectivity index is 1.40. The predicted octanol–water partition coefficient (Wildman–Crippen LogP) is 4.48. The highest BCUT2D eigenvalue weighted by Crippen LogP contribution is 2.32. The lowest BCUT2D eigenvalue weighted by Crippen LogP contribution is -2.53. The van der Waals surface area contributed by atoms with Crippen molar-refractivity contribution in [1.29, 1.82) is 0 Å². The van der Waals surface area contributed by atoms with Crippen LogP contribution in [0.5, 0.6) is 0 Å². The Morgan fingerprint density at radius 3 is 2.32 bits per heavy atom. The Kier molecular flexibility index (Phi) is 6.74. The minimum absolute atomic E-state index is 0.0487. The fourth-order valence-electron chi connectivity index (χ4n) is 5.71. The van der Waals surface area contributed by atoms with E-state index < -0.39 is 0 Å². The van der Waals surface area contributed by atoms with Crippen LogP contribution in [0.2, 0.25) is 0 Å². The molecule has 1 saturated carbocycles. The van der Waals surface area contributed by atoms with Crippen LogP contribution in [0, 0.1) is 6.92 Å². The molecule has 1 aliphatic heterocycles. The number of carbonyl (C=O) groups excluding carboxylic acids is 1. The summed E-state index contributed by atoms with van der Waals surface area (Å²) in [4.78, 5) is 44.5. The van der Waals surface area contributed by atoms with E-state index in [0.29, 0.717) is 23.0 Å². The monoisotopic (exact) mass is 503 g/mol. The van der Waals surface area contributed by atoms with Crippen LogP contribution in [0.4, 0.5) is 17.5 Å². The van der Waals surface area contributed by atoms with Gasteiger partial charge in [-0.05, 0) is 65.2 Å². The minimum Gasteiger partial charge on any atom is -0.368 e. The standard InChI is InChI=1S/C28H37N7O2/c1-18-22-17-30-27(32-25(22)35(20-8-6-7-9-20)26(37)24(18)19(2)36)31-23-11-10-21(16-29-23)33-12-14-34(15-13-33)28(3,4)5/h10-11,16-17,20H,6-9,12-15H2,1-5H3,(H,29,30,31,32). The zero-order valence-electron chi connectivity index (χ0n) is 22.5. The number of Topliss-reactive ketones (excluding diaryl/α,β-unsaturated/α-hetero) is 1. The van der Waals surface area contributed by atoms with E-state index in [0.717, 1.165) is 62.9 Å². The highest BCUT2D eigenvalue weighted by atomic mass is 16.1. The number of aryl methyl sites for hydroxylation is 1. The molecule has 0 radical (unpaired) electrons. The molecule has 0 bridgehead atoms. The predicted molar refractivity (Wildman–Crippen MR) is 147 cm³/mol. The number of nitrogens with zero attached hydrogens (tertiary/aromatic N) is 6. The molecule has 2 aliphatic rings. The fraction of sp³-hybridized carbons (Fsp3) is 0.536. The third-order valence-corrected chi connectivity index (χ3v) is 7.83. The molecule has 1 aliphatic carbocycles. The van der Waals surface area contributed by atoms with Crippen molar-refractivity contribution in [1.82, 2.24) is 24.4 Å². The number of nitrogens with one attached hydrogen (secondary N) is 1. The molecule has 5 rings (SSSR count). The van der Waals surface area contributed by atoms with Crippen molar-refractivity contribution in [3.05, 3.63) is 46.0 Å². The molecule has 1 saturated heterocycles. The van der Waals surface area contributed by atoms with Crippen molar-refractivity contribution >= 4 is 34.3 Å². The summed E-state index contributed by atoms with van der Waals surface area (Å²) in [5.74, 6) is 0.804. The van der Waals surface area contributed by atoms with Crippen molar-refractivity contribution < 1.29 is 4.79 Å². The van der Waals surface area contributed by atoms with Gasteiger partial charge in [0.05, 0.1) is 17.4 Å². The van der Waals surface area contributed by atoms with E-state index in [-0.39, 0.29) is 28.5 Å². The molecule has 4 heterocycles. The van der Waals surface area contributed by atoms with Gasteiger partial charge < -0.3 is 10.2 Å². The van der Waals surface area contributed by atoms with Crippen molar-refractivity contribution in [2.45, 2.75) is 71.9 Å². The lowest BCUT2D eigenvalue weighted by molar-refractivity contribution is 0.101. The summed E-state index contributed by atoms with van der Waals surface area (Å²) in [7, 11) is 0. The lowest BCUT2D eigenvalue weighted by Gasteiger charge is -2.42. The van der Waals surface area contributed by atoms with Gasteiger partial charge in [-0.3, -0.25) is 19.1 Å². The number of pyridine rings is 2. The summed E-state index contributed by atoms with van der Waals surface area (Å²) in [5, 5.41) is 3.94. The zero-order valence-corrected chi connectivity index (χ0v) is 22.5. The Morgan fingerprint density at radius 2 is 1.73 bits per heavy atom. The third kappa shape index (κ3) is 4.97. The number of anilines is 3. The van der Waals surface area contributed by atoms with Crippen molar-refractivity contribution in [2.75, 3.05) is 36.4 Å². The van der Waals surface area contributed by atoms with Gasteiger partial charge in [-0.1, -0.05) is 12.8 Å². The van der Waals surface area contributed by atoms with E-state index >= 15 is 0 Å². The van der Waals surface area contributed by atoms with Crippen molar-refractivity contribution in [2.24, 2.45) is 0 Å². The van der Waals surface area contributed by atoms with Gasteiger partial charge >= 0.3 is 0 Å². The van der Waals surface area contributed by atoms with Crippen LogP contribution in [0.3, 0.4) is 0 Å². The van der Waals surface area contributed by atoms with Crippen LogP contribution in [0.25, 0.3) is 11.0 Å². The largest absolute Gasteiger partial charge is 0.368 e. The van der Waals surface area contributed by atoms with Crippen LogP contribution in [0.1, 0.15) is 75.3 Å². The van der Waals surface area contributed by atoms with Gasteiger partial charge in [0.1, 0.15) is 11.5 Å². The van der Waals surface area contributed by atoms with E-state index in [9.17, 15) is 9.59 Å². The molecule has 2 fully saturated rings. The maximum absolute atomic E-state index is 13.4. The lowest BCUT2D eigenvalue weighted by atomic mass is 10.0. The molecule has 0 unspecified atom stereocenters. The first-order valence-electron chi connectivity index (χ1n) is 13.3. The number of rotatable bonds is 5. The molecular weight excluding hydrogens is 466 g/mol. The topological polar surface area (TPSA) is 96.2 Å². The number of carbonyl (C=O) groups is 1. The first kappa shape index (κ1) is 25.3. The smallest absolute Gasteiger partial charge is 0.263 e. The Bertz CT molecular complexity index is 1360. The second kappa shape index (κ2) is 9.85. The molecule has 3 aromatic rings. The highest BCUT2D eigenvalue weighted by Gasteiger charge is 2.27. The van der Waals surface area contributed by atoms with Crippen molar-refractivity contribution in [3.8, 4) is 0 Å². The number of aromatic nitrogens is 4. The van der Waals surface area contributed by atoms with E-state index in [1.165, 1.54) is 6.92 Å². The number of fused-ring (bicyclic) bond motifs is 1. The Morgan fingerprint density at radius 1 is 1.03 bits per heavy atom. The third-order valence-electron chi connectivity index (χ3n) is 7.83. The zero-order chi connectivity index (χ0) is 26.3. The molecule has 0 spiro atoms. The number of hydrogen-bond acceptors (Lipinski definition) is 8. The highest BCUT2D eigenvalue weighted by molar-refractivity contribution is 5.99. The Hall–Kier alpha value is -3.33. The van der Waals surface area contributed by atoms with E-state index in [4.69, 9.17) is 4.98 Å². The van der Waals surface area contributed by atoms with Gasteiger partial charge in [0.25, 0.3) is 5.56 Å². The van der Waals surface area contributed by atoms with Crippen molar-refractivity contribution in [3.63, 3.8) is 0 Å². The average Bonchev–Trinajstić information content (AvgIpc) is 3.38. The molecule has 0 atom stereocenters. The van der Waals surface area contributed by atoms with E-state index in [2.05, 4.69) is 51.9 Å².